The zero-order chi connectivity index (χ0) is 16.1. The van der Waals surface area contributed by atoms with Gasteiger partial charge in [-0.25, -0.2) is 4.98 Å². The first-order chi connectivity index (χ1) is 11.0. The highest BCUT2D eigenvalue weighted by Gasteiger charge is 2.29. The minimum Gasteiger partial charge on any atom is -0.508 e. The SMILES string of the molecule is Cc1cc(C)c2c3c(sc2n1)C(=O)NC(c1cccc(O)c1)N3. The Bertz CT molecular complexity index is 948. The monoisotopic (exact) mass is 325 g/mol. The largest absolute Gasteiger partial charge is 0.508 e. The molecule has 0 saturated heterocycles. The van der Waals surface area contributed by atoms with Crippen LogP contribution in [-0.4, -0.2) is 16.0 Å². The van der Waals surface area contributed by atoms with E-state index in [0.717, 1.165) is 32.7 Å². The van der Waals surface area contributed by atoms with E-state index >= 15 is 0 Å². The van der Waals surface area contributed by atoms with Crippen molar-refractivity contribution < 1.29 is 9.90 Å². The molecule has 0 spiro atoms. The number of benzene rings is 1. The second-order valence-electron chi connectivity index (χ2n) is 5.71. The number of anilines is 1. The number of carbonyl (C=O) groups is 1. The molecule has 116 valence electrons. The van der Waals surface area contributed by atoms with E-state index in [1.807, 2.05) is 26.0 Å². The summed E-state index contributed by atoms with van der Waals surface area (Å²) in [6, 6.07) is 8.90. The van der Waals surface area contributed by atoms with Gasteiger partial charge in [-0.2, -0.15) is 0 Å². The molecular formula is C17H15N3O2S. The molecular weight excluding hydrogens is 310 g/mol. The van der Waals surface area contributed by atoms with Gasteiger partial charge in [0.1, 0.15) is 21.6 Å². The minimum atomic E-state index is -0.374. The average molecular weight is 325 g/mol. The molecule has 2 aromatic heterocycles. The number of phenolic OH excluding ortho intramolecular Hbond substituents is 1. The van der Waals surface area contributed by atoms with Crippen molar-refractivity contribution in [1.82, 2.24) is 10.3 Å². The van der Waals surface area contributed by atoms with Gasteiger partial charge in [-0.05, 0) is 43.2 Å². The number of aryl methyl sites for hydroxylation is 2. The van der Waals surface area contributed by atoms with E-state index in [1.54, 1.807) is 18.2 Å². The molecule has 0 saturated carbocycles. The van der Waals surface area contributed by atoms with Gasteiger partial charge in [0.2, 0.25) is 0 Å². The van der Waals surface area contributed by atoms with Crippen molar-refractivity contribution in [3.05, 3.63) is 52.0 Å². The summed E-state index contributed by atoms with van der Waals surface area (Å²) in [7, 11) is 0. The van der Waals surface area contributed by atoms with Crippen LogP contribution in [0.15, 0.2) is 30.3 Å². The van der Waals surface area contributed by atoms with Crippen LogP contribution in [0.1, 0.15) is 32.7 Å². The summed E-state index contributed by atoms with van der Waals surface area (Å²) in [5, 5.41) is 17.0. The number of aromatic hydroxyl groups is 1. The molecule has 3 N–H and O–H groups in total. The van der Waals surface area contributed by atoms with Crippen molar-refractivity contribution >= 4 is 33.1 Å². The summed E-state index contributed by atoms with van der Waals surface area (Å²) in [5.74, 6) is 0.0557. The third kappa shape index (κ3) is 2.22. The number of hydrogen-bond donors (Lipinski definition) is 3. The highest BCUT2D eigenvalue weighted by Crippen LogP contribution is 2.41. The van der Waals surface area contributed by atoms with Crippen LogP contribution in [0.2, 0.25) is 0 Å². The predicted molar refractivity (Wildman–Crippen MR) is 91.0 cm³/mol. The number of nitrogens with one attached hydrogen (secondary N) is 2. The molecule has 4 rings (SSSR count). The van der Waals surface area contributed by atoms with E-state index in [0.29, 0.717) is 4.88 Å². The molecule has 3 heterocycles. The maximum Gasteiger partial charge on any atom is 0.265 e. The second-order valence-corrected chi connectivity index (χ2v) is 6.71. The topological polar surface area (TPSA) is 74.2 Å². The van der Waals surface area contributed by atoms with Gasteiger partial charge in [0.15, 0.2) is 0 Å². The summed E-state index contributed by atoms with van der Waals surface area (Å²) >= 11 is 1.40. The Morgan fingerprint density at radius 1 is 1.22 bits per heavy atom. The van der Waals surface area contributed by atoms with E-state index in [9.17, 15) is 9.90 Å². The summed E-state index contributed by atoms with van der Waals surface area (Å²) in [4.78, 5) is 18.6. The van der Waals surface area contributed by atoms with Crippen LogP contribution in [0.5, 0.6) is 5.75 Å². The third-order valence-electron chi connectivity index (χ3n) is 3.96. The predicted octanol–water partition coefficient (Wildman–Crippen LogP) is 3.47. The fourth-order valence-electron chi connectivity index (χ4n) is 2.99. The first-order valence-corrected chi connectivity index (χ1v) is 8.11. The first-order valence-electron chi connectivity index (χ1n) is 7.30. The summed E-state index contributed by atoms with van der Waals surface area (Å²) in [5.41, 5.74) is 3.67. The van der Waals surface area contributed by atoms with Crippen LogP contribution >= 0.6 is 11.3 Å². The highest BCUT2D eigenvalue weighted by atomic mass is 32.1. The van der Waals surface area contributed by atoms with Gasteiger partial charge in [-0.1, -0.05) is 12.1 Å². The Kier molecular flexibility index (Phi) is 3.02. The Morgan fingerprint density at radius 2 is 2.04 bits per heavy atom. The number of amides is 1. The zero-order valence-electron chi connectivity index (χ0n) is 12.7. The molecule has 0 fully saturated rings. The third-order valence-corrected chi connectivity index (χ3v) is 5.04. The Labute approximate surface area is 137 Å². The molecule has 5 nitrogen and oxygen atoms in total. The molecule has 1 amide bonds. The summed E-state index contributed by atoms with van der Waals surface area (Å²) < 4.78 is 0. The first kappa shape index (κ1) is 14.0. The van der Waals surface area contributed by atoms with Crippen LogP contribution in [0, 0.1) is 13.8 Å². The van der Waals surface area contributed by atoms with Gasteiger partial charge >= 0.3 is 0 Å². The molecule has 0 radical (unpaired) electrons. The molecule has 1 unspecified atom stereocenters. The maximum absolute atomic E-state index is 12.5. The molecule has 0 bridgehead atoms. The van der Waals surface area contributed by atoms with E-state index in [1.165, 1.54) is 11.3 Å². The van der Waals surface area contributed by atoms with Gasteiger partial charge in [0.25, 0.3) is 5.91 Å². The van der Waals surface area contributed by atoms with Crippen LogP contribution in [0.3, 0.4) is 0 Å². The number of phenols is 1. The number of carbonyl (C=O) groups excluding carboxylic acids is 1. The summed E-state index contributed by atoms with van der Waals surface area (Å²) in [6.45, 7) is 3.98. The molecule has 1 aromatic carbocycles. The normalized spacial score (nSPS) is 16.8. The lowest BCUT2D eigenvalue weighted by Gasteiger charge is -2.26. The quantitative estimate of drug-likeness (QED) is 0.640. The van der Waals surface area contributed by atoms with Crippen LogP contribution in [-0.2, 0) is 0 Å². The number of fused-ring (bicyclic) bond motifs is 3. The van der Waals surface area contributed by atoms with Gasteiger partial charge in [0, 0.05) is 11.1 Å². The highest BCUT2D eigenvalue weighted by molar-refractivity contribution is 7.21. The molecule has 1 aliphatic rings. The maximum atomic E-state index is 12.5. The van der Waals surface area contributed by atoms with Gasteiger partial charge < -0.3 is 15.7 Å². The van der Waals surface area contributed by atoms with Gasteiger partial charge in [0.05, 0.1) is 5.69 Å². The molecule has 6 heteroatoms. The Balaban J connectivity index is 1.86. The van der Waals surface area contributed by atoms with Crippen molar-refractivity contribution in [2.24, 2.45) is 0 Å². The van der Waals surface area contributed by atoms with E-state index in [2.05, 4.69) is 15.6 Å². The molecule has 1 aliphatic heterocycles. The van der Waals surface area contributed by atoms with Crippen molar-refractivity contribution in [3.8, 4) is 5.75 Å². The zero-order valence-corrected chi connectivity index (χ0v) is 13.5. The molecule has 3 aromatic rings. The van der Waals surface area contributed by atoms with E-state index in [-0.39, 0.29) is 17.8 Å². The Morgan fingerprint density at radius 3 is 2.83 bits per heavy atom. The fraction of sp³-hybridized carbons (Fsp3) is 0.176. The lowest BCUT2D eigenvalue weighted by Crippen LogP contribution is -2.37. The fourth-order valence-corrected chi connectivity index (χ4v) is 4.15. The number of rotatable bonds is 1. The van der Waals surface area contributed by atoms with Gasteiger partial charge in [-0.15, -0.1) is 11.3 Å². The number of thiophene rings is 1. The number of pyridine rings is 1. The molecule has 0 aliphatic carbocycles. The van der Waals surface area contributed by atoms with Gasteiger partial charge in [-0.3, -0.25) is 4.79 Å². The van der Waals surface area contributed by atoms with Crippen LogP contribution in [0.25, 0.3) is 10.2 Å². The smallest absolute Gasteiger partial charge is 0.265 e. The van der Waals surface area contributed by atoms with Crippen molar-refractivity contribution in [2.45, 2.75) is 20.0 Å². The van der Waals surface area contributed by atoms with E-state index in [4.69, 9.17) is 0 Å². The Hall–Kier alpha value is -2.60. The number of aromatic nitrogens is 1. The van der Waals surface area contributed by atoms with Crippen molar-refractivity contribution in [2.75, 3.05) is 5.32 Å². The van der Waals surface area contributed by atoms with Crippen LogP contribution in [0.4, 0.5) is 5.69 Å². The second kappa shape index (κ2) is 4.96. The standard InChI is InChI=1S/C17H15N3O2S/c1-8-6-9(2)18-17-12(8)13-14(23-17)16(22)20-15(19-13)10-4-3-5-11(21)7-10/h3-7,15,19,21H,1-2H3,(H,20,22). The number of nitrogens with zero attached hydrogens (tertiary/aromatic N) is 1. The minimum absolute atomic E-state index is 0.118. The van der Waals surface area contributed by atoms with E-state index < -0.39 is 0 Å². The average Bonchev–Trinajstić information content (AvgIpc) is 2.86. The molecule has 23 heavy (non-hydrogen) atoms. The summed E-state index contributed by atoms with van der Waals surface area (Å²) in [6.07, 6.45) is -0.374. The molecule has 1 atom stereocenters. The van der Waals surface area contributed by atoms with Crippen molar-refractivity contribution in [1.29, 1.82) is 0 Å². The lowest BCUT2D eigenvalue weighted by atomic mass is 10.1. The lowest BCUT2D eigenvalue weighted by molar-refractivity contribution is 0.0940. The van der Waals surface area contributed by atoms with Crippen LogP contribution < -0.4 is 10.6 Å². The van der Waals surface area contributed by atoms with Crippen molar-refractivity contribution in [3.63, 3.8) is 0 Å². The number of hydrogen-bond acceptors (Lipinski definition) is 5.